The van der Waals surface area contributed by atoms with Crippen molar-refractivity contribution < 1.29 is 19.5 Å². The van der Waals surface area contributed by atoms with E-state index in [4.69, 9.17) is 10.8 Å². The number of hydrogen-bond donors (Lipinski definition) is 3. The van der Waals surface area contributed by atoms with Crippen LogP contribution in [0.5, 0.6) is 0 Å². The van der Waals surface area contributed by atoms with E-state index in [1.807, 2.05) is 0 Å². The number of amides is 2. The molecule has 1 unspecified atom stereocenters. The molecule has 0 bridgehead atoms. The van der Waals surface area contributed by atoms with E-state index in [0.29, 0.717) is 0 Å². The molecule has 16 heavy (non-hydrogen) atoms. The van der Waals surface area contributed by atoms with Gasteiger partial charge in [-0.15, -0.1) is 0 Å². The normalized spacial score (nSPS) is 12.9. The number of aliphatic carboxylic acids is 1. The number of carbonyl (C=O) groups excluding carboxylic acids is 2. The fourth-order valence-corrected chi connectivity index (χ4v) is 1.16. The second-order valence-electron chi connectivity index (χ2n) is 4.50. The maximum Gasteiger partial charge on any atom is 0.309 e. The van der Waals surface area contributed by atoms with Crippen LogP contribution < -0.4 is 11.1 Å². The fourth-order valence-electron chi connectivity index (χ4n) is 1.16. The Labute approximate surface area is 94.2 Å². The zero-order valence-electron chi connectivity index (χ0n) is 9.74. The van der Waals surface area contributed by atoms with Crippen molar-refractivity contribution in [2.45, 2.75) is 39.7 Å². The highest BCUT2D eigenvalue weighted by Gasteiger charge is 2.30. The van der Waals surface area contributed by atoms with Gasteiger partial charge < -0.3 is 16.2 Å². The standard InChI is InChI=1S/C10H18N2O4/c1-6(4-7(11)13)12-8(14)5-10(2,3)9(15)16/h6H,4-5H2,1-3H3,(H2,11,13)(H,12,14)(H,15,16). The van der Waals surface area contributed by atoms with Crippen LogP contribution in [0.1, 0.15) is 33.6 Å². The van der Waals surface area contributed by atoms with Gasteiger partial charge in [0.1, 0.15) is 0 Å². The quantitative estimate of drug-likeness (QED) is 0.590. The van der Waals surface area contributed by atoms with Crippen molar-refractivity contribution >= 4 is 17.8 Å². The maximum absolute atomic E-state index is 11.4. The monoisotopic (exact) mass is 230 g/mol. The van der Waals surface area contributed by atoms with Gasteiger partial charge in [-0.2, -0.15) is 0 Å². The predicted molar refractivity (Wildman–Crippen MR) is 57.4 cm³/mol. The number of carboxylic acid groups (broad SMARTS) is 1. The Kier molecular flexibility index (Phi) is 4.94. The van der Waals surface area contributed by atoms with Crippen LogP contribution in [0.15, 0.2) is 0 Å². The number of carboxylic acids is 1. The predicted octanol–water partition coefficient (Wildman–Crippen LogP) is -0.133. The first-order valence-corrected chi connectivity index (χ1v) is 4.96. The van der Waals surface area contributed by atoms with Crippen LogP contribution in [-0.2, 0) is 14.4 Å². The maximum atomic E-state index is 11.4. The number of primary amides is 1. The van der Waals surface area contributed by atoms with Gasteiger partial charge in [-0.05, 0) is 20.8 Å². The molecule has 1 atom stereocenters. The smallest absolute Gasteiger partial charge is 0.309 e. The molecule has 0 rings (SSSR count). The number of carbonyl (C=O) groups is 3. The molecule has 4 N–H and O–H groups in total. The molecule has 0 aromatic rings. The van der Waals surface area contributed by atoms with Crippen molar-refractivity contribution in [2.24, 2.45) is 11.1 Å². The summed E-state index contributed by atoms with van der Waals surface area (Å²) in [6.45, 7) is 4.57. The molecular weight excluding hydrogens is 212 g/mol. The molecule has 6 heteroatoms. The lowest BCUT2D eigenvalue weighted by molar-refractivity contribution is -0.149. The van der Waals surface area contributed by atoms with Gasteiger partial charge in [0, 0.05) is 18.9 Å². The summed E-state index contributed by atoms with van der Waals surface area (Å²) in [6, 6.07) is -0.380. The summed E-state index contributed by atoms with van der Waals surface area (Å²) in [5, 5.41) is 11.3. The van der Waals surface area contributed by atoms with Crippen LogP contribution in [0.3, 0.4) is 0 Å². The number of hydrogen-bond acceptors (Lipinski definition) is 3. The van der Waals surface area contributed by atoms with Crippen LogP contribution in [0.4, 0.5) is 0 Å². The van der Waals surface area contributed by atoms with Crippen molar-refractivity contribution in [1.29, 1.82) is 0 Å². The van der Waals surface area contributed by atoms with Crippen molar-refractivity contribution in [3.8, 4) is 0 Å². The van der Waals surface area contributed by atoms with Crippen LogP contribution in [-0.4, -0.2) is 28.9 Å². The summed E-state index contributed by atoms with van der Waals surface area (Å²) in [6.07, 6.45) is -0.0926. The average Bonchev–Trinajstić information content (AvgIpc) is 1.99. The van der Waals surface area contributed by atoms with E-state index in [1.54, 1.807) is 6.92 Å². The highest BCUT2D eigenvalue weighted by molar-refractivity contribution is 5.85. The Balaban J connectivity index is 4.19. The Morgan fingerprint density at radius 2 is 1.88 bits per heavy atom. The van der Waals surface area contributed by atoms with E-state index in [9.17, 15) is 14.4 Å². The molecule has 6 nitrogen and oxygen atoms in total. The molecule has 0 aromatic heterocycles. The number of rotatable bonds is 6. The second kappa shape index (κ2) is 5.48. The van der Waals surface area contributed by atoms with Gasteiger partial charge in [0.15, 0.2) is 0 Å². The zero-order chi connectivity index (χ0) is 12.9. The summed E-state index contributed by atoms with van der Waals surface area (Å²) >= 11 is 0. The van der Waals surface area contributed by atoms with Crippen LogP contribution in [0, 0.1) is 5.41 Å². The highest BCUT2D eigenvalue weighted by atomic mass is 16.4. The molecule has 0 fully saturated rings. The van der Waals surface area contributed by atoms with Gasteiger partial charge >= 0.3 is 5.97 Å². The third-order valence-corrected chi connectivity index (χ3v) is 2.10. The molecule has 0 aliphatic carbocycles. The minimum Gasteiger partial charge on any atom is -0.481 e. The van der Waals surface area contributed by atoms with E-state index in [1.165, 1.54) is 13.8 Å². The number of nitrogens with two attached hydrogens (primary N) is 1. The van der Waals surface area contributed by atoms with E-state index in [0.717, 1.165) is 0 Å². The lowest BCUT2D eigenvalue weighted by Gasteiger charge is -2.20. The van der Waals surface area contributed by atoms with Crippen LogP contribution >= 0.6 is 0 Å². The summed E-state index contributed by atoms with van der Waals surface area (Å²) in [4.78, 5) is 32.8. The Bertz CT molecular complexity index is 299. The summed E-state index contributed by atoms with van der Waals surface area (Å²) < 4.78 is 0. The van der Waals surface area contributed by atoms with E-state index in [2.05, 4.69) is 5.32 Å². The van der Waals surface area contributed by atoms with E-state index < -0.39 is 23.2 Å². The molecule has 0 aliphatic rings. The van der Waals surface area contributed by atoms with Gasteiger partial charge in [-0.1, -0.05) is 0 Å². The van der Waals surface area contributed by atoms with Gasteiger partial charge in [0.05, 0.1) is 5.41 Å². The zero-order valence-corrected chi connectivity index (χ0v) is 9.74. The molecule has 0 saturated carbocycles. The lowest BCUT2D eigenvalue weighted by Crippen LogP contribution is -2.39. The molecule has 0 spiro atoms. The van der Waals surface area contributed by atoms with E-state index in [-0.39, 0.29) is 18.9 Å². The molecular formula is C10H18N2O4. The third-order valence-electron chi connectivity index (χ3n) is 2.10. The number of nitrogens with one attached hydrogen (secondary N) is 1. The molecule has 2 amide bonds. The minimum absolute atomic E-state index is 0.0409. The Morgan fingerprint density at radius 3 is 2.25 bits per heavy atom. The van der Waals surface area contributed by atoms with E-state index >= 15 is 0 Å². The largest absolute Gasteiger partial charge is 0.481 e. The minimum atomic E-state index is -1.11. The van der Waals surface area contributed by atoms with Crippen molar-refractivity contribution in [3.63, 3.8) is 0 Å². The fraction of sp³-hybridized carbons (Fsp3) is 0.700. The van der Waals surface area contributed by atoms with Gasteiger partial charge in [0.2, 0.25) is 11.8 Å². The SMILES string of the molecule is CC(CC(N)=O)NC(=O)CC(C)(C)C(=O)O. The molecule has 0 heterocycles. The highest BCUT2D eigenvalue weighted by Crippen LogP contribution is 2.20. The van der Waals surface area contributed by atoms with Gasteiger partial charge in [0.25, 0.3) is 0 Å². The Hall–Kier alpha value is -1.59. The average molecular weight is 230 g/mol. The molecule has 92 valence electrons. The van der Waals surface area contributed by atoms with Gasteiger partial charge in [-0.25, -0.2) is 0 Å². The molecule has 0 saturated heterocycles. The van der Waals surface area contributed by atoms with Crippen molar-refractivity contribution in [1.82, 2.24) is 5.32 Å². The van der Waals surface area contributed by atoms with Gasteiger partial charge in [-0.3, -0.25) is 14.4 Å². The summed E-state index contributed by atoms with van der Waals surface area (Å²) in [5.41, 5.74) is 3.85. The molecule has 0 aromatic carbocycles. The third kappa shape index (κ3) is 5.33. The summed E-state index contributed by atoms with van der Waals surface area (Å²) in [5.74, 6) is -1.95. The second-order valence-corrected chi connectivity index (χ2v) is 4.50. The van der Waals surface area contributed by atoms with Crippen molar-refractivity contribution in [3.05, 3.63) is 0 Å². The first-order valence-electron chi connectivity index (χ1n) is 4.96. The lowest BCUT2D eigenvalue weighted by atomic mass is 9.89. The first-order chi connectivity index (χ1) is 7.15. The van der Waals surface area contributed by atoms with Crippen molar-refractivity contribution in [2.75, 3.05) is 0 Å². The Morgan fingerprint density at radius 1 is 1.38 bits per heavy atom. The summed E-state index contributed by atoms with van der Waals surface area (Å²) in [7, 11) is 0. The first kappa shape index (κ1) is 14.4. The molecule has 0 radical (unpaired) electrons. The topological polar surface area (TPSA) is 109 Å². The molecule has 0 aliphatic heterocycles. The van der Waals surface area contributed by atoms with Crippen LogP contribution in [0.2, 0.25) is 0 Å². The van der Waals surface area contributed by atoms with Crippen LogP contribution in [0.25, 0.3) is 0 Å².